The van der Waals surface area contributed by atoms with E-state index in [1.54, 1.807) is 45.0 Å². The highest BCUT2D eigenvalue weighted by atomic mass is 32.2. The van der Waals surface area contributed by atoms with Gasteiger partial charge in [-0.25, -0.2) is 8.42 Å². The van der Waals surface area contributed by atoms with Gasteiger partial charge in [0.05, 0.1) is 11.2 Å². The summed E-state index contributed by atoms with van der Waals surface area (Å²) in [6.45, 7) is 5.22. The molecule has 0 radical (unpaired) electrons. The lowest BCUT2D eigenvalue weighted by Gasteiger charge is -2.37. The molecule has 0 unspecified atom stereocenters. The highest BCUT2D eigenvalue weighted by Crippen LogP contribution is 2.34. The van der Waals surface area contributed by atoms with Crippen LogP contribution in [0.15, 0.2) is 24.3 Å². The van der Waals surface area contributed by atoms with Gasteiger partial charge in [-0.2, -0.15) is 0 Å². The van der Waals surface area contributed by atoms with Crippen LogP contribution in [0, 0.1) is 0 Å². The highest BCUT2D eigenvalue weighted by Gasteiger charge is 2.44. The number of sulfone groups is 1. The van der Waals surface area contributed by atoms with Gasteiger partial charge in [-0.05, 0) is 31.9 Å². The number of imide groups is 1. The maximum Gasteiger partial charge on any atom is 0.260 e. The molecule has 0 N–H and O–H groups in total. The van der Waals surface area contributed by atoms with Gasteiger partial charge >= 0.3 is 0 Å². The van der Waals surface area contributed by atoms with Crippen molar-refractivity contribution in [1.82, 2.24) is 4.90 Å². The third-order valence-electron chi connectivity index (χ3n) is 4.00. The van der Waals surface area contributed by atoms with Crippen LogP contribution in [0.4, 0.5) is 0 Å². The highest BCUT2D eigenvalue weighted by molar-refractivity contribution is 7.91. The van der Waals surface area contributed by atoms with Crippen molar-refractivity contribution in [2.75, 3.05) is 18.1 Å². The summed E-state index contributed by atoms with van der Waals surface area (Å²) in [5.74, 6) is -0.866. The van der Waals surface area contributed by atoms with Gasteiger partial charge in [0, 0.05) is 17.9 Å². The van der Waals surface area contributed by atoms with Crippen molar-refractivity contribution in [3.8, 4) is 0 Å². The third-order valence-corrected chi connectivity index (χ3v) is 5.83. The first-order chi connectivity index (χ1) is 10.2. The zero-order valence-electron chi connectivity index (χ0n) is 13.1. The molecule has 120 valence electrons. The molecule has 2 rings (SSSR count). The van der Waals surface area contributed by atoms with Crippen LogP contribution in [0.25, 0.3) is 0 Å². The van der Waals surface area contributed by atoms with Crippen LogP contribution in [0.1, 0.15) is 43.1 Å². The van der Waals surface area contributed by atoms with Crippen molar-refractivity contribution < 1.29 is 18.0 Å². The van der Waals surface area contributed by atoms with Crippen molar-refractivity contribution in [1.29, 1.82) is 0 Å². The molecule has 1 aromatic carbocycles. The maximum absolute atomic E-state index is 12.6. The molecule has 0 saturated carbocycles. The molecule has 5 nitrogen and oxygen atoms in total. The van der Waals surface area contributed by atoms with Crippen LogP contribution < -0.4 is 0 Å². The van der Waals surface area contributed by atoms with Crippen LogP contribution in [0.2, 0.25) is 0 Å². The number of nitrogens with zero attached hydrogens (tertiary/aromatic N) is 1. The van der Waals surface area contributed by atoms with E-state index < -0.39 is 21.2 Å². The van der Waals surface area contributed by atoms with Crippen molar-refractivity contribution in [3.05, 3.63) is 35.4 Å². The number of fused-ring (bicyclic) bond motifs is 1. The van der Waals surface area contributed by atoms with Crippen molar-refractivity contribution in [2.45, 2.75) is 32.6 Å². The quantitative estimate of drug-likeness (QED) is 0.774. The van der Waals surface area contributed by atoms with Crippen LogP contribution in [-0.4, -0.2) is 43.2 Å². The standard InChI is InChI=1S/C16H21NO4S/c1-4-10-22(20,21)11-9-17-14(18)12-7-5-6-8-13(12)16(2,3)15(17)19/h5-8H,4,9-11H2,1-3H3. The number of benzene rings is 1. The Kier molecular flexibility index (Phi) is 4.42. The molecule has 22 heavy (non-hydrogen) atoms. The van der Waals surface area contributed by atoms with Crippen molar-refractivity contribution in [3.63, 3.8) is 0 Å². The predicted octanol–water partition coefficient (Wildman–Crippen LogP) is 1.77. The zero-order valence-corrected chi connectivity index (χ0v) is 13.9. The molecule has 0 saturated heterocycles. The van der Waals surface area contributed by atoms with E-state index in [0.29, 0.717) is 17.5 Å². The van der Waals surface area contributed by atoms with Crippen LogP contribution in [0.3, 0.4) is 0 Å². The Morgan fingerprint density at radius 2 is 1.73 bits per heavy atom. The maximum atomic E-state index is 12.6. The smallest absolute Gasteiger partial charge is 0.260 e. The van der Waals surface area contributed by atoms with Crippen molar-refractivity contribution >= 4 is 21.7 Å². The van der Waals surface area contributed by atoms with Crippen molar-refractivity contribution in [2.24, 2.45) is 0 Å². The minimum absolute atomic E-state index is 0.0726. The normalized spacial score (nSPS) is 17.5. The van der Waals surface area contributed by atoms with Gasteiger partial charge in [0.15, 0.2) is 9.84 Å². The lowest BCUT2D eigenvalue weighted by atomic mass is 9.77. The average Bonchev–Trinajstić information content (AvgIpc) is 2.45. The molecule has 1 heterocycles. The first kappa shape index (κ1) is 16.7. The van der Waals surface area contributed by atoms with Gasteiger partial charge in [-0.1, -0.05) is 25.1 Å². The van der Waals surface area contributed by atoms with E-state index >= 15 is 0 Å². The van der Waals surface area contributed by atoms with E-state index in [2.05, 4.69) is 0 Å². The fourth-order valence-corrected chi connectivity index (χ4v) is 4.04. The Balaban J connectivity index is 2.31. The van der Waals surface area contributed by atoms with E-state index in [1.165, 1.54) is 0 Å². The molecule has 0 spiro atoms. The Bertz CT molecular complexity index is 707. The van der Waals surface area contributed by atoms with Gasteiger partial charge in [-0.3, -0.25) is 14.5 Å². The van der Waals surface area contributed by atoms with Crippen LogP contribution >= 0.6 is 0 Å². The van der Waals surface area contributed by atoms with E-state index in [1.807, 2.05) is 0 Å². The van der Waals surface area contributed by atoms with Crippen LogP contribution in [0.5, 0.6) is 0 Å². The summed E-state index contributed by atoms with van der Waals surface area (Å²) in [7, 11) is -3.24. The summed E-state index contributed by atoms with van der Waals surface area (Å²) in [4.78, 5) is 26.2. The average molecular weight is 323 g/mol. The number of hydrogen-bond donors (Lipinski definition) is 0. The zero-order chi connectivity index (χ0) is 16.5. The number of carbonyl (C=O) groups is 2. The summed E-state index contributed by atoms with van der Waals surface area (Å²) < 4.78 is 23.7. The summed E-state index contributed by atoms with van der Waals surface area (Å²) in [6, 6.07) is 6.99. The van der Waals surface area contributed by atoms with E-state index in [9.17, 15) is 18.0 Å². The molecule has 1 aliphatic rings. The summed E-state index contributed by atoms with van der Waals surface area (Å²) in [6.07, 6.45) is 0.526. The molecule has 0 aliphatic carbocycles. The van der Waals surface area contributed by atoms with Gasteiger partial charge in [0.2, 0.25) is 5.91 Å². The second kappa shape index (κ2) is 5.83. The Morgan fingerprint density at radius 1 is 1.09 bits per heavy atom. The Hall–Kier alpha value is -1.69. The topological polar surface area (TPSA) is 71.5 Å². The largest absolute Gasteiger partial charge is 0.277 e. The van der Waals surface area contributed by atoms with Gasteiger partial charge in [0.1, 0.15) is 0 Å². The lowest BCUT2D eigenvalue weighted by molar-refractivity contribution is -0.134. The number of carbonyl (C=O) groups excluding carboxylic acids is 2. The minimum Gasteiger partial charge on any atom is -0.277 e. The van der Waals surface area contributed by atoms with E-state index in [4.69, 9.17) is 0 Å². The summed E-state index contributed by atoms with van der Waals surface area (Å²) >= 11 is 0. The second-order valence-corrected chi connectivity index (χ2v) is 8.39. The fraction of sp³-hybridized carbons (Fsp3) is 0.500. The molecule has 0 fully saturated rings. The lowest BCUT2D eigenvalue weighted by Crippen LogP contribution is -2.53. The molecular weight excluding hydrogens is 302 g/mol. The SMILES string of the molecule is CCCS(=O)(=O)CCN1C(=O)c2ccccc2C(C)(C)C1=O. The molecule has 0 atom stereocenters. The van der Waals surface area contributed by atoms with E-state index in [0.717, 1.165) is 4.90 Å². The second-order valence-electron chi connectivity index (χ2n) is 6.08. The number of hydrogen-bond acceptors (Lipinski definition) is 4. The van der Waals surface area contributed by atoms with Crippen LogP contribution in [-0.2, 0) is 20.0 Å². The number of rotatable bonds is 5. The first-order valence-corrected chi connectivity index (χ1v) is 9.19. The third kappa shape index (κ3) is 2.92. The molecule has 6 heteroatoms. The van der Waals surface area contributed by atoms with Gasteiger partial charge < -0.3 is 0 Å². The monoisotopic (exact) mass is 323 g/mol. The number of amides is 2. The Morgan fingerprint density at radius 3 is 2.36 bits per heavy atom. The summed E-state index contributed by atoms with van der Waals surface area (Å²) in [5, 5.41) is 0. The van der Waals surface area contributed by atoms with E-state index in [-0.39, 0.29) is 24.0 Å². The minimum atomic E-state index is -3.24. The molecule has 1 aliphatic heterocycles. The Labute approximate surface area is 131 Å². The first-order valence-electron chi connectivity index (χ1n) is 7.37. The van der Waals surface area contributed by atoms with Gasteiger partial charge in [-0.15, -0.1) is 0 Å². The summed E-state index contributed by atoms with van der Waals surface area (Å²) in [5.41, 5.74) is 0.330. The predicted molar refractivity (Wildman–Crippen MR) is 84.5 cm³/mol. The molecule has 2 amide bonds. The fourth-order valence-electron chi connectivity index (χ4n) is 2.75. The van der Waals surface area contributed by atoms with Gasteiger partial charge in [0.25, 0.3) is 5.91 Å². The molecule has 1 aromatic rings. The molecular formula is C16H21NO4S. The molecule has 0 bridgehead atoms. The molecule has 0 aromatic heterocycles.